The van der Waals surface area contributed by atoms with Gasteiger partial charge < -0.3 is 10.2 Å². The van der Waals surface area contributed by atoms with Crippen molar-refractivity contribution in [1.82, 2.24) is 0 Å². The lowest BCUT2D eigenvalue weighted by atomic mass is 10.1. The van der Waals surface area contributed by atoms with Crippen LogP contribution in [0.5, 0.6) is 0 Å². The Morgan fingerprint density at radius 2 is 1.85 bits per heavy atom. The Balaban J connectivity index is 2.22. The minimum absolute atomic E-state index is 0.0540. The van der Waals surface area contributed by atoms with Crippen LogP contribution in [-0.2, 0) is 0 Å². The third-order valence-corrected chi connectivity index (χ3v) is 3.18. The molecule has 3 aromatic rings. The second-order valence-electron chi connectivity index (χ2n) is 4.71. The SMILES string of the molecule is Cc1ccc(-c2cc3cc(F)cc(C(N)=O)c3o2)cc1. The van der Waals surface area contributed by atoms with Crippen molar-refractivity contribution >= 4 is 16.9 Å². The van der Waals surface area contributed by atoms with Crippen LogP contribution in [0, 0.1) is 12.7 Å². The maximum atomic E-state index is 13.5. The lowest BCUT2D eigenvalue weighted by Crippen LogP contribution is -2.11. The van der Waals surface area contributed by atoms with Gasteiger partial charge in [-0.3, -0.25) is 4.79 Å². The third kappa shape index (κ3) is 2.05. The molecule has 0 aliphatic rings. The average molecular weight is 269 g/mol. The van der Waals surface area contributed by atoms with Crippen LogP contribution in [0.1, 0.15) is 15.9 Å². The topological polar surface area (TPSA) is 56.2 Å². The zero-order valence-electron chi connectivity index (χ0n) is 10.8. The monoisotopic (exact) mass is 269 g/mol. The molecule has 0 bridgehead atoms. The molecule has 0 spiro atoms. The molecule has 100 valence electrons. The van der Waals surface area contributed by atoms with Crippen molar-refractivity contribution in [3.05, 3.63) is 59.4 Å². The van der Waals surface area contributed by atoms with Gasteiger partial charge in [-0.1, -0.05) is 29.8 Å². The summed E-state index contributed by atoms with van der Waals surface area (Å²) in [6, 6.07) is 11.8. The van der Waals surface area contributed by atoms with Gasteiger partial charge in [-0.15, -0.1) is 0 Å². The first-order valence-electron chi connectivity index (χ1n) is 6.14. The molecule has 0 saturated carbocycles. The van der Waals surface area contributed by atoms with Crippen molar-refractivity contribution in [3.63, 3.8) is 0 Å². The molecule has 3 rings (SSSR count). The summed E-state index contributed by atoms with van der Waals surface area (Å²) in [6.45, 7) is 1.99. The fourth-order valence-electron chi connectivity index (χ4n) is 2.16. The first kappa shape index (κ1) is 12.4. The molecule has 1 amide bonds. The molecule has 0 fully saturated rings. The number of benzene rings is 2. The van der Waals surface area contributed by atoms with Gasteiger partial charge >= 0.3 is 0 Å². The van der Waals surface area contributed by atoms with Crippen LogP contribution in [0.25, 0.3) is 22.3 Å². The molecule has 0 unspecified atom stereocenters. The van der Waals surface area contributed by atoms with Gasteiger partial charge in [0.25, 0.3) is 5.91 Å². The van der Waals surface area contributed by atoms with E-state index in [1.165, 1.54) is 6.07 Å². The van der Waals surface area contributed by atoms with Gasteiger partial charge in [-0.25, -0.2) is 4.39 Å². The quantitative estimate of drug-likeness (QED) is 0.772. The molecular formula is C16H12FNO2. The van der Waals surface area contributed by atoms with Crippen LogP contribution in [0.15, 0.2) is 46.9 Å². The van der Waals surface area contributed by atoms with Crippen LogP contribution in [0.2, 0.25) is 0 Å². The van der Waals surface area contributed by atoms with Gasteiger partial charge in [0.15, 0.2) is 0 Å². The summed E-state index contributed by atoms with van der Waals surface area (Å²) in [5.74, 6) is -0.644. The molecule has 1 aromatic heterocycles. The van der Waals surface area contributed by atoms with Crippen molar-refractivity contribution < 1.29 is 13.6 Å². The van der Waals surface area contributed by atoms with Gasteiger partial charge in [0, 0.05) is 10.9 Å². The number of primary amides is 1. The predicted molar refractivity (Wildman–Crippen MR) is 74.9 cm³/mol. The van der Waals surface area contributed by atoms with Crippen LogP contribution in [-0.4, -0.2) is 5.91 Å². The van der Waals surface area contributed by atoms with E-state index in [4.69, 9.17) is 10.2 Å². The van der Waals surface area contributed by atoms with E-state index in [9.17, 15) is 9.18 Å². The van der Waals surface area contributed by atoms with E-state index in [1.807, 2.05) is 31.2 Å². The van der Waals surface area contributed by atoms with E-state index >= 15 is 0 Å². The molecule has 4 heteroatoms. The molecule has 3 nitrogen and oxygen atoms in total. The molecule has 0 radical (unpaired) electrons. The number of nitrogens with two attached hydrogens (primary N) is 1. The number of rotatable bonds is 2. The number of fused-ring (bicyclic) bond motifs is 1. The number of aryl methyl sites for hydroxylation is 1. The minimum atomic E-state index is -0.709. The molecule has 20 heavy (non-hydrogen) atoms. The number of hydrogen-bond donors (Lipinski definition) is 1. The van der Waals surface area contributed by atoms with Crippen molar-refractivity contribution in [1.29, 1.82) is 0 Å². The molecule has 2 N–H and O–H groups in total. The maximum Gasteiger partial charge on any atom is 0.252 e. The highest BCUT2D eigenvalue weighted by Gasteiger charge is 2.15. The summed E-state index contributed by atoms with van der Waals surface area (Å²) in [6.07, 6.45) is 0. The summed E-state index contributed by atoms with van der Waals surface area (Å²) < 4.78 is 19.1. The van der Waals surface area contributed by atoms with Crippen LogP contribution in [0.4, 0.5) is 4.39 Å². The number of carbonyl (C=O) groups is 1. The summed E-state index contributed by atoms with van der Waals surface area (Å²) in [4.78, 5) is 11.4. The second kappa shape index (κ2) is 4.49. The van der Waals surface area contributed by atoms with Crippen molar-refractivity contribution in [2.75, 3.05) is 0 Å². The number of furan rings is 1. The van der Waals surface area contributed by atoms with E-state index in [1.54, 1.807) is 6.07 Å². The number of hydrogen-bond acceptors (Lipinski definition) is 2. The molecule has 0 atom stereocenters. The lowest BCUT2D eigenvalue weighted by molar-refractivity contribution is 0.100. The molecular weight excluding hydrogens is 257 g/mol. The fourth-order valence-corrected chi connectivity index (χ4v) is 2.16. The normalized spacial score (nSPS) is 10.9. The molecule has 1 heterocycles. The smallest absolute Gasteiger partial charge is 0.252 e. The van der Waals surface area contributed by atoms with Gasteiger partial charge in [-0.2, -0.15) is 0 Å². The predicted octanol–water partition coefficient (Wildman–Crippen LogP) is 3.65. The van der Waals surface area contributed by atoms with Gasteiger partial charge in [0.2, 0.25) is 0 Å². The summed E-state index contributed by atoms with van der Waals surface area (Å²) >= 11 is 0. The van der Waals surface area contributed by atoms with Crippen molar-refractivity contribution in [2.45, 2.75) is 6.92 Å². The van der Waals surface area contributed by atoms with Crippen LogP contribution >= 0.6 is 0 Å². The number of amides is 1. The van der Waals surface area contributed by atoms with E-state index in [0.29, 0.717) is 16.7 Å². The van der Waals surface area contributed by atoms with Crippen LogP contribution in [0.3, 0.4) is 0 Å². The second-order valence-corrected chi connectivity index (χ2v) is 4.71. The Morgan fingerprint density at radius 3 is 2.50 bits per heavy atom. The Morgan fingerprint density at radius 1 is 1.15 bits per heavy atom. The Bertz CT molecular complexity index is 803. The highest BCUT2D eigenvalue weighted by molar-refractivity contribution is 6.04. The van der Waals surface area contributed by atoms with Gasteiger partial charge in [-0.05, 0) is 25.1 Å². The Kier molecular flexibility index (Phi) is 2.79. The van der Waals surface area contributed by atoms with Crippen LogP contribution < -0.4 is 5.73 Å². The Hall–Kier alpha value is -2.62. The minimum Gasteiger partial charge on any atom is -0.455 e. The average Bonchev–Trinajstić information content (AvgIpc) is 2.81. The van der Waals surface area contributed by atoms with E-state index in [2.05, 4.69) is 0 Å². The largest absolute Gasteiger partial charge is 0.455 e. The summed E-state index contributed by atoms with van der Waals surface area (Å²) in [5.41, 5.74) is 7.62. The first-order valence-corrected chi connectivity index (χ1v) is 6.14. The first-order chi connectivity index (χ1) is 9.54. The summed E-state index contributed by atoms with van der Waals surface area (Å²) in [5, 5.41) is 0.523. The highest BCUT2D eigenvalue weighted by atomic mass is 19.1. The number of carbonyl (C=O) groups excluding carboxylic acids is 1. The van der Waals surface area contributed by atoms with E-state index in [0.717, 1.165) is 17.2 Å². The van der Waals surface area contributed by atoms with E-state index < -0.39 is 11.7 Å². The third-order valence-electron chi connectivity index (χ3n) is 3.18. The van der Waals surface area contributed by atoms with Crippen molar-refractivity contribution in [3.8, 4) is 11.3 Å². The molecule has 0 aliphatic carbocycles. The lowest BCUT2D eigenvalue weighted by Gasteiger charge is -1.98. The standard InChI is InChI=1S/C16H12FNO2/c1-9-2-4-10(5-3-9)14-7-11-6-12(17)8-13(16(18)19)15(11)20-14/h2-8H,1H3,(H2,18,19). The fraction of sp³-hybridized carbons (Fsp3) is 0.0625. The van der Waals surface area contributed by atoms with Gasteiger partial charge in [0.1, 0.15) is 17.2 Å². The zero-order chi connectivity index (χ0) is 14.3. The van der Waals surface area contributed by atoms with Crippen molar-refractivity contribution in [2.24, 2.45) is 5.73 Å². The van der Waals surface area contributed by atoms with E-state index in [-0.39, 0.29) is 5.56 Å². The maximum absolute atomic E-state index is 13.5. The van der Waals surface area contributed by atoms with Gasteiger partial charge in [0.05, 0.1) is 5.56 Å². The molecule has 0 aliphatic heterocycles. The molecule has 0 saturated heterocycles. The zero-order valence-corrected chi connectivity index (χ0v) is 10.8. The number of halogens is 1. The highest BCUT2D eigenvalue weighted by Crippen LogP contribution is 2.30. The molecule has 2 aromatic carbocycles. The summed E-state index contributed by atoms with van der Waals surface area (Å²) in [7, 11) is 0. The Labute approximate surface area is 114 Å².